The molecule has 0 aromatic carbocycles. The Morgan fingerprint density at radius 3 is 2.65 bits per heavy atom. The number of rotatable bonds is 3. The third kappa shape index (κ3) is 3.37. The highest BCUT2D eigenvalue weighted by Crippen LogP contribution is 2.19. The van der Waals surface area contributed by atoms with Crippen molar-refractivity contribution in [3.63, 3.8) is 0 Å². The molecule has 1 N–H and O–H groups in total. The van der Waals surface area contributed by atoms with Crippen LogP contribution in [0, 0.1) is 0 Å². The highest BCUT2D eigenvalue weighted by Gasteiger charge is 2.24. The summed E-state index contributed by atoms with van der Waals surface area (Å²) in [6.45, 7) is 1.12. The maximum atomic E-state index is 11.3. The molecular weight excluding hydrogens is 264 g/mol. The molecule has 1 aromatic rings. The number of nitrogens with zero attached hydrogens (tertiary/aromatic N) is 2. The van der Waals surface area contributed by atoms with E-state index in [0.29, 0.717) is 31.7 Å². The van der Waals surface area contributed by atoms with Crippen LogP contribution in [-0.4, -0.2) is 53.4 Å². The Bertz CT molecular complexity index is 497. The SMILES string of the molecule is COC(=O)N1CCC(Oc2cncc(C(=O)O)c2)CC1. The zero-order valence-electron chi connectivity index (χ0n) is 11.1. The fourth-order valence-electron chi connectivity index (χ4n) is 2.08. The Morgan fingerprint density at radius 2 is 2.05 bits per heavy atom. The van der Waals surface area contributed by atoms with E-state index in [1.54, 1.807) is 4.90 Å². The normalized spacial score (nSPS) is 15.8. The molecule has 1 fully saturated rings. The van der Waals surface area contributed by atoms with E-state index in [-0.39, 0.29) is 17.8 Å². The van der Waals surface area contributed by atoms with E-state index < -0.39 is 5.97 Å². The zero-order valence-corrected chi connectivity index (χ0v) is 11.1. The standard InChI is InChI=1S/C13H16N2O5/c1-19-13(18)15-4-2-10(3-5-15)20-11-6-9(12(16)17)7-14-8-11/h6-8,10H,2-5H2,1H3,(H,16,17). The molecule has 0 bridgehead atoms. The first kappa shape index (κ1) is 14.1. The van der Waals surface area contributed by atoms with Gasteiger partial charge in [-0.1, -0.05) is 0 Å². The predicted octanol–water partition coefficient (Wildman–Crippen LogP) is 1.39. The van der Waals surface area contributed by atoms with Gasteiger partial charge in [0.05, 0.1) is 18.9 Å². The van der Waals surface area contributed by atoms with Gasteiger partial charge < -0.3 is 19.5 Å². The molecule has 0 radical (unpaired) electrons. The van der Waals surface area contributed by atoms with Crippen molar-refractivity contribution in [2.75, 3.05) is 20.2 Å². The number of carboxylic acids is 1. The van der Waals surface area contributed by atoms with E-state index in [1.807, 2.05) is 0 Å². The van der Waals surface area contributed by atoms with E-state index in [9.17, 15) is 9.59 Å². The Morgan fingerprint density at radius 1 is 1.35 bits per heavy atom. The van der Waals surface area contributed by atoms with Gasteiger partial charge in [0, 0.05) is 32.1 Å². The van der Waals surface area contributed by atoms with E-state index >= 15 is 0 Å². The van der Waals surface area contributed by atoms with Gasteiger partial charge in [0.15, 0.2) is 0 Å². The van der Waals surface area contributed by atoms with Gasteiger partial charge in [-0.15, -0.1) is 0 Å². The number of methoxy groups -OCH3 is 1. The summed E-state index contributed by atoms with van der Waals surface area (Å²) in [5.41, 5.74) is 0.0921. The number of pyridine rings is 1. The van der Waals surface area contributed by atoms with Crippen molar-refractivity contribution in [1.82, 2.24) is 9.88 Å². The van der Waals surface area contributed by atoms with Crippen LogP contribution in [0.1, 0.15) is 23.2 Å². The van der Waals surface area contributed by atoms with Crippen molar-refractivity contribution >= 4 is 12.1 Å². The molecule has 1 saturated heterocycles. The number of carboxylic acid groups (broad SMARTS) is 1. The average molecular weight is 280 g/mol. The molecule has 0 saturated carbocycles. The Hall–Kier alpha value is -2.31. The number of piperidine rings is 1. The lowest BCUT2D eigenvalue weighted by molar-refractivity contribution is 0.0689. The lowest BCUT2D eigenvalue weighted by Gasteiger charge is -2.31. The number of hydrogen-bond donors (Lipinski definition) is 1. The number of carbonyl (C=O) groups is 2. The minimum Gasteiger partial charge on any atom is -0.489 e. The second-order valence-corrected chi connectivity index (χ2v) is 4.49. The van der Waals surface area contributed by atoms with Crippen LogP contribution < -0.4 is 4.74 Å². The van der Waals surface area contributed by atoms with Crippen LogP contribution >= 0.6 is 0 Å². The molecule has 1 aromatic heterocycles. The molecule has 1 aliphatic rings. The highest BCUT2D eigenvalue weighted by molar-refractivity contribution is 5.87. The maximum Gasteiger partial charge on any atom is 0.409 e. The minimum absolute atomic E-state index is 0.0539. The van der Waals surface area contributed by atoms with Crippen molar-refractivity contribution in [2.45, 2.75) is 18.9 Å². The molecular formula is C13H16N2O5. The molecule has 1 amide bonds. The first-order valence-corrected chi connectivity index (χ1v) is 6.28. The van der Waals surface area contributed by atoms with Gasteiger partial charge in [-0.2, -0.15) is 0 Å². The molecule has 0 aliphatic carbocycles. The smallest absolute Gasteiger partial charge is 0.409 e. The van der Waals surface area contributed by atoms with Gasteiger partial charge in [0.25, 0.3) is 0 Å². The zero-order chi connectivity index (χ0) is 14.5. The summed E-state index contributed by atoms with van der Waals surface area (Å²) in [7, 11) is 1.36. The summed E-state index contributed by atoms with van der Waals surface area (Å²) in [6, 6.07) is 1.45. The summed E-state index contributed by atoms with van der Waals surface area (Å²) < 4.78 is 10.4. The third-order valence-corrected chi connectivity index (χ3v) is 3.14. The predicted molar refractivity (Wildman–Crippen MR) is 68.8 cm³/mol. The monoisotopic (exact) mass is 280 g/mol. The van der Waals surface area contributed by atoms with Gasteiger partial charge in [0.1, 0.15) is 11.9 Å². The van der Waals surface area contributed by atoms with Crippen LogP contribution in [0.5, 0.6) is 5.75 Å². The Kier molecular flexibility index (Phi) is 4.39. The molecule has 0 atom stereocenters. The van der Waals surface area contributed by atoms with E-state index in [2.05, 4.69) is 9.72 Å². The Balaban J connectivity index is 1.91. The van der Waals surface area contributed by atoms with Gasteiger partial charge >= 0.3 is 12.1 Å². The van der Waals surface area contributed by atoms with Crippen LogP contribution in [-0.2, 0) is 4.74 Å². The van der Waals surface area contributed by atoms with Gasteiger partial charge in [-0.3, -0.25) is 4.98 Å². The first-order chi connectivity index (χ1) is 9.60. The largest absolute Gasteiger partial charge is 0.489 e. The van der Waals surface area contributed by atoms with E-state index in [1.165, 1.54) is 25.6 Å². The number of amides is 1. The summed E-state index contributed by atoms with van der Waals surface area (Å²) in [5, 5.41) is 8.88. The molecule has 2 heterocycles. The van der Waals surface area contributed by atoms with Crippen LogP contribution in [0.15, 0.2) is 18.5 Å². The number of likely N-dealkylation sites (tertiary alicyclic amines) is 1. The van der Waals surface area contributed by atoms with Crippen molar-refractivity contribution in [3.05, 3.63) is 24.0 Å². The van der Waals surface area contributed by atoms with Crippen molar-refractivity contribution < 1.29 is 24.2 Å². The lowest BCUT2D eigenvalue weighted by atomic mass is 10.1. The van der Waals surface area contributed by atoms with Gasteiger partial charge in [-0.25, -0.2) is 9.59 Å². The molecule has 2 rings (SSSR count). The van der Waals surface area contributed by atoms with Crippen LogP contribution in [0.4, 0.5) is 4.79 Å². The van der Waals surface area contributed by atoms with Crippen LogP contribution in [0.3, 0.4) is 0 Å². The molecule has 20 heavy (non-hydrogen) atoms. The molecule has 7 heteroatoms. The van der Waals surface area contributed by atoms with Crippen LogP contribution in [0.25, 0.3) is 0 Å². The average Bonchev–Trinajstić information content (AvgIpc) is 2.47. The second-order valence-electron chi connectivity index (χ2n) is 4.49. The first-order valence-electron chi connectivity index (χ1n) is 6.28. The number of aromatic carboxylic acids is 1. The summed E-state index contributed by atoms with van der Waals surface area (Å²) >= 11 is 0. The molecule has 0 spiro atoms. The van der Waals surface area contributed by atoms with Crippen LogP contribution in [0.2, 0.25) is 0 Å². The van der Waals surface area contributed by atoms with Gasteiger partial charge in [-0.05, 0) is 6.07 Å². The van der Waals surface area contributed by atoms with Gasteiger partial charge in [0.2, 0.25) is 0 Å². The van der Waals surface area contributed by atoms with Crippen molar-refractivity contribution in [1.29, 1.82) is 0 Å². The van der Waals surface area contributed by atoms with E-state index in [0.717, 1.165) is 0 Å². The molecule has 1 aliphatic heterocycles. The summed E-state index contributed by atoms with van der Waals surface area (Å²) in [6.07, 6.45) is 3.72. The second kappa shape index (κ2) is 6.23. The topological polar surface area (TPSA) is 89.0 Å². The number of aromatic nitrogens is 1. The molecule has 108 valence electrons. The highest BCUT2D eigenvalue weighted by atomic mass is 16.5. The fourth-order valence-corrected chi connectivity index (χ4v) is 2.08. The lowest BCUT2D eigenvalue weighted by Crippen LogP contribution is -2.41. The fraction of sp³-hybridized carbons (Fsp3) is 0.462. The minimum atomic E-state index is -1.04. The number of carbonyl (C=O) groups excluding carboxylic acids is 1. The summed E-state index contributed by atoms with van der Waals surface area (Å²) in [4.78, 5) is 27.6. The molecule has 7 nitrogen and oxygen atoms in total. The van der Waals surface area contributed by atoms with E-state index in [4.69, 9.17) is 9.84 Å². The maximum absolute atomic E-state index is 11.3. The summed E-state index contributed by atoms with van der Waals surface area (Å²) in [5.74, 6) is -0.607. The quantitative estimate of drug-likeness (QED) is 0.900. The number of hydrogen-bond acceptors (Lipinski definition) is 5. The third-order valence-electron chi connectivity index (χ3n) is 3.14. The van der Waals surface area contributed by atoms with Crippen molar-refractivity contribution in [2.24, 2.45) is 0 Å². The Labute approximate surface area is 116 Å². The molecule has 0 unspecified atom stereocenters. The number of ether oxygens (including phenoxy) is 2. The van der Waals surface area contributed by atoms with Crippen molar-refractivity contribution in [3.8, 4) is 5.75 Å².